The minimum absolute atomic E-state index is 0.284. The number of carbonyl (C=O) groups is 1. The number of amides is 1. The highest BCUT2D eigenvalue weighted by Crippen LogP contribution is 2.35. The van der Waals surface area contributed by atoms with Crippen molar-refractivity contribution in [3.63, 3.8) is 0 Å². The van der Waals surface area contributed by atoms with Crippen LogP contribution in [0.5, 0.6) is 0 Å². The lowest BCUT2D eigenvalue weighted by molar-refractivity contribution is -0.119. The largest absolute Gasteiger partial charge is 0.324 e. The molecule has 1 N–H and O–H groups in total. The third-order valence-electron chi connectivity index (χ3n) is 5.01. The van der Waals surface area contributed by atoms with Crippen molar-refractivity contribution in [1.82, 2.24) is 15.0 Å². The highest BCUT2D eigenvalue weighted by Gasteiger charge is 2.26. The number of rotatable bonds is 3. The third kappa shape index (κ3) is 3.25. The molecule has 140 valence electrons. The monoisotopic (exact) mass is 386 g/mol. The molecule has 0 bridgehead atoms. The molecule has 6 nitrogen and oxygen atoms in total. The van der Waals surface area contributed by atoms with Crippen molar-refractivity contribution in [2.75, 3.05) is 5.32 Å². The zero-order chi connectivity index (χ0) is 19.1. The number of halogens is 1. The van der Waals surface area contributed by atoms with Crippen LogP contribution in [-0.4, -0.2) is 20.9 Å². The Balaban J connectivity index is 1.66. The molecule has 0 aliphatic heterocycles. The number of aryl methyl sites for hydroxylation is 1. The number of benzene rings is 1. The van der Waals surface area contributed by atoms with E-state index in [0.717, 1.165) is 29.5 Å². The zero-order valence-electron chi connectivity index (χ0n) is 15.0. The van der Waals surface area contributed by atoms with Gasteiger partial charge in [-0.05, 0) is 61.9 Å². The van der Waals surface area contributed by atoms with Gasteiger partial charge in [-0.1, -0.05) is 12.1 Å². The molecule has 0 saturated heterocycles. The van der Waals surface area contributed by atoms with Crippen molar-refractivity contribution in [2.45, 2.75) is 39.2 Å². The molecular formula is C19H19FN4O2S. The van der Waals surface area contributed by atoms with Gasteiger partial charge in [-0.3, -0.25) is 9.59 Å². The number of aromatic nitrogens is 3. The number of nitrogens with zero attached hydrogens (tertiary/aromatic N) is 3. The first-order chi connectivity index (χ1) is 12.9. The molecule has 0 spiro atoms. The molecule has 0 fully saturated rings. The summed E-state index contributed by atoms with van der Waals surface area (Å²) in [5, 5.41) is 11.5. The average molecular weight is 386 g/mol. The Kier molecular flexibility index (Phi) is 4.51. The lowest BCUT2D eigenvalue weighted by atomic mass is 9.89. The summed E-state index contributed by atoms with van der Waals surface area (Å²) in [6.45, 7) is 3.81. The maximum absolute atomic E-state index is 13.0. The van der Waals surface area contributed by atoms with Crippen LogP contribution in [0.1, 0.15) is 36.8 Å². The number of hydrogen-bond donors (Lipinski definition) is 1. The highest BCUT2D eigenvalue weighted by molar-refractivity contribution is 7.18. The van der Waals surface area contributed by atoms with Crippen molar-refractivity contribution in [3.05, 3.63) is 50.9 Å². The molecule has 2 unspecified atom stereocenters. The first-order valence-electron chi connectivity index (χ1n) is 8.90. The maximum atomic E-state index is 13.0. The second-order valence-corrected chi connectivity index (χ2v) is 8.13. The fraction of sp³-hybridized carbons (Fsp3) is 0.368. The Morgan fingerprint density at radius 2 is 2.11 bits per heavy atom. The van der Waals surface area contributed by atoms with Crippen LogP contribution in [0.2, 0.25) is 0 Å². The molecule has 1 aliphatic carbocycles. The zero-order valence-corrected chi connectivity index (χ0v) is 15.8. The number of thiophene rings is 1. The van der Waals surface area contributed by atoms with Crippen molar-refractivity contribution in [3.8, 4) is 0 Å². The fourth-order valence-corrected chi connectivity index (χ4v) is 4.73. The van der Waals surface area contributed by atoms with Gasteiger partial charge in [0.25, 0.3) is 5.56 Å². The van der Waals surface area contributed by atoms with Gasteiger partial charge in [0.15, 0.2) is 4.83 Å². The molecule has 4 rings (SSSR count). The second kappa shape index (κ2) is 6.84. The highest BCUT2D eigenvalue weighted by atomic mass is 32.1. The molecule has 8 heteroatoms. The van der Waals surface area contributed by atoms with E-state index in [-0.39, 0.29) is 11.4 Å². The predicted molar refractivity (Wildman–Crippen MR) is 103 cm³/mol. The molecular weight excluding hydrogens is 367 g/mol. The van der Waals surface area contributed by atoms with Gasteiger partial charge >= 0.3 is 0 Å². The van der Waals surface area contributed by atoms with Crippen LogP contribution in [-0.2, 0) is 17.6 Å². The lowest BCUT2D eigenvalue weighted by Crippen LogP contribution is -2.34. The summed E-state index contributed by atoms with van der Waals surface area (Å²) in [5.74, 6) is -0.193. The predicted octanol–water partition coefficient (Wildman–Crippen LogP) is 3.32. The number of carbonyl (C=O) groups excluding carboxylic acids is 1. The summed E-state index contributed by atoms with van der Waals surface area (Å²) in [5.41, 5.74) is 1.24. The van der Waals surface area contributed by atoms with Gasteiger partial charge in [0.1, 0.15) is 11.9 Å². The SMILES string of the molecule is CC1CCc2c(sc3nnn(C(C)C(=O)Nc4ccc(F)cc4)c(=O)c23)C1. The molecule has 0 radical (unpaired) electrons. The van der Waals surface area contributed by atoms with Gasteiger partial charge in [0, 0.05) is 10.6 Å². The number of anilines is 1. The van der Waals surface area contributed by atoms with Crippen LogP contribution in [0.15, 0.2) is 29.1 Å². The molecule has 1 aliphatic rings. The van der Waals surface area contributed by atoms with Crippen LogP contribution in [0, 0.1) is 11.7 Å². The van der Waals surface area contributed by atoms with E-state index in [1.54, 1.807) is 6.92 Å². The maximum Gasteiger partial charge on any atom is 0.279 e. The van der Waals surface area contributed by atoms with Crippen molar-refractivity contribution in [2.24, 2.45) is 5.92 Å². The smallest absolute Gasteiger partial charge is 0.279 e. The second-order valence-electron chi connectivity index (χ2n) is 7.04. The Morgan fingerprint density at radius 3 is 2.85 bits per heavy atom. The molecule has 0 saturated carbocycles. The van der Waals surface area contributed by atoms with Gasteiger partial charge in [0.05, 0.1) is 5.39 Å². The van der Waals surface area contributed by atoms with Crippen molar-refractivity contribution < 1.29 is 9.18 Å². The van der Waals surface area contributed by atoms with E-state index in [4.69, 9.17) is 0 Å². The minimum Gasteiger partial charge on any atom is -0.324 e. The third-order valence-corrected chi connectivity index (χ3v) is 6.14. The van der Waals surface area contributed by atoms with Gasteiger partial charge in [-0.2, -0.15) is 4.68 Å². The summed E-state index contributed by atoms with van der Waals surface area (Å²) in [4.78, 5) is 27.4. The van der Waals surface area contributed by atoms with Crippen LogP contribution >= 0.6 is 11.3 Å². The van der Waals surface area contributed by atoms with Gasteiger partial charge in [0.2, 0.25) is 5.91 Å². The van der Waals surface area contributed by atoms with E-state index in [2.05, 4.69) is 22.6 Å². The Morgan fingerprint density at radius 1 is 1.37 bits per heavy atom. The summed E-state index contributed by atoms with van der Waals surface area (Å²) in [7, 11) is 0. The van der Waals surface area contributed by atoms with E-state index in [1.165, 1.54) is 40.5 Å². The molecule has 27 heavy (non-hydrogen) atoms. The van der Waals surface area contributed by atoms with E-state index >= 15 is 0 Å². The summed E-state index contributed by atoms with van der Waals surface area (Å²) in [6.07, 6.45) is 2.85. The number of nitrogens with one attached hydrogen (secondary N) is 1. The van der Waals surface area contributed by atoms with Crippen LogP contribution in [0.25, 0.3) is 10.2 Å². The average Bonchev–Trinajstić information content (AvgIpc) is 3.01. The molecule has 2 heterocycles. The number of hydrogen-bond acceptors (Lipinski definition) is 5. The normalized spacial score (nSPS) is 17.5. The summed E-state index contributed by atoms with van der Waals surface area (Å²) >= 11 is 1.53. The summed E-state index contributed by atoms with van der Waals surface area (Å²) < 4.78 is 14.1. The molecule has 2 aromatic heterocycles. The van der Waals surface area contributed by atoms with Gasteiger partial charge < -0.3 is 5.32 Å². The number of fused-ring (bicyclic) bond motifs is 3. The first kappa shape index (κ1) is 17.8. The van der Waals surface area contributed by atoms with Crippen molar-refractivity contribution >= 4 is 33.1 Å². The van der Waals surface area contributed by atoms with Gasteiger partial charge in [-0.25, -0.2) is 4.39 Å². The minimum atomic E-state index is -0.836. The Labute approximate surface area is 159 Å². The van der Waals surface area contributed by atoms with Gasteiger partial charge in [-0.15, -0.1) is 16.4 Å². The van der Waals surface area contributed by atoms with Crippen LogP contribution in [0.3, 0.4) is 0 Å². The summed E-state index contributed by atoms with van der Waals surface area (Å²) in [6, 6.07) is 4.62. The molecule has 1 amide bonds. The Bertz CT molecular complexity index is 1070. The Hall–Kier alpha value is -2.61. The van der Waals surface area contributed by atoms with Crippen LogP contribution in [0.4, 0.5) is 10.1 Å². The van der Waals surface area contributed by atoms with E-state index < -0.39 is 11.9 Å². The molecule has 3 aromatic rings. The standard InChI is InChI=1S/C19H19FN4O2S/c1-10-3-8-14-15(9-10)27-18-16(14)19(26)24(23-22-18)11(2)17(25)21-13-6-4-12(20)5-7-13/h4-7,10-11H,3,8-9H2,1-2H3,(H,21,25). The van der Waals surface area contributed by atoms with Crippen LogP contribution < -0.4 is 10.9 Å². The van der Waals surface area contributed by atoms with E-state index in [9.17, 15) is 14.0 Å². The van der Waals surface area contributed by atoms with Crippen molar-refractivity contribution in [1.29, 1.82) is 0 Å². The molecule has 2 atom stereocenters. The van der Waals surface area contributed by atoms with E-state index in [1.807, 2.05) is 0 Å². The fourth-order valence-electron chi connectivity index (χ4n) is 3.42. The topological polar surface area (TPSA) is 76.9 Å². The molecule has 1 aromatic carbocycles. The quantitative estimate of drug-likeness (QED) is 0.749. The first-order valence-corrected chi connectivity index (χ1v) is 9.72. The lowest BCUT2D eigenvalue weighted by Gasteiger charge is -2.17. The van der Waals surface area contributed by atoms with E-state index in [0.29, 0.717) is 21.8 Å².